The number of fused-ring (bicyclic) bond motifs is 2. The van der Waals surface area contributed by atoms with Crippen LogP contribution >= 0.6 is 0 Å². The first-order valence-electron chi connectivity index (χ1n) is 12.5. The van der Waals surface area contributed by atoms with Crippen molar-refractivity contribution >= 4 is 33.5 Å². The number of para-hydroxylation sites is 2. The zero-order valence-corrected chi connectivity index (χ0v) is 21.5. The van der Waals surface area contributed by atoms with Gasteiger partial charge in [0.2, 0.25) is 0 Å². The molecule has 0 saturated heterocycles. The van der Waals surface area contributed by atoms with E-state index in [9.17, 15) is 4.79 Å². The highest BCUT2D eigenvalue weighted by Gasteiger charge is 2.23. The molecule has 190 valence electrons. The van der Waals surface area contributed by atoms with Gasteiger partial charge in [-0.05, 0) is 43.3 Å². The van der Waals surface area contributed by atoms with E-state index in [4.69, 9.17) is 5.73 Å². The van der Waals surface area contributed by atoms with E-state index in [1.165, 1.54) is 0 Å². The molecular formula is C31H25N7O. The van der Waals surface area contributed by atoms with Crippen LogP contribution in [0, 0.1) is 11.8 Å². The number of nitrogens with two attached hydrogens (primary N) is 1. The smallest absolute Gasteiger partial charge is 0.257 e. The second-order valence-electron chi connectivity index (χ2n) is 9.29. The van der Waals surface area contributed by atoms with Crippen molar-refractivity contribution in [2.45, 2.75) is 13.0 Å². The number of anilines is 1. The molecule has 3 N–H and O–H groups in total. The molecule has 0 spiro atoms. The molecule has 8 nitrogen and oxygen atoms in total. The second-order valence-corrected chi connectivity index (χ2v) is 9.29. The predicted octanol–water partition coefficient (Wildman–Crippen LogP) is 4.78. The van der Waals surface area contributed by atoms with Crippen LogP contribution in [0.15, 0.2) is 91.5 Å². The molecule has 0 aliphatic rings. The van der Waals surface area contributed by atoms with Crippen LogP contribution in [0.4, 0.5) is 5.82 Å². The van der Waals surface area contributed by atoms with E-state index < -0.39 is 0 Å². The van der Waals surface area contributed by atoms with Gasteiger partial charge in [0, 0.05) is 53.4 Å². The molecule has 4 heterocycles. The lowest BCUT2D eigenvalue weighted by Gasteiger charge is -2.19. The number of hydrogen-bond acceptors (Lipinski definition) is 5. The van der Waals surface area contributed by atoms with E-state index in [1.54, 1.807) is 29.3 Å². The maximum atomic E-state index is 13.5. The van der Waals surface area contributed by atoms with Crippen molar-refractivity contribution in [3.63, 3.8) is 0 Å². The molecule has 1 amide bonds. The zero-order chi connectivity index (χ0) is 26.9. The van der Waals surface area contributed by atoms with Gasteiger partial charge >= 0.3 is 0 Å². The average molecular weight is 512 g/mol. The summed E-state index contributed by atoms with van der Waals surface area (Å²) in [5, 5.41) is 9.11. The first-order valence-corrected chi connectivity index (χ1v) is 12.5. The summed E-state index contributed by atoms with van der Waals surface area (Å²) in [6, 6.07) is 21.5. The van der Waals surface area contributed by atoms with Gasteiger partial charge in [-0.15, -0.1) is 0 Å². The minimum atomic E-state index is -0.373. The number of rotatable bonds is 4. The summed E-state index contributed by atoms with van der Waals surface area (Å²) in [5.41, 5.74) is 11.5. The summed E-state index contributed by atoms with van der Waals surface area (Å²) in [5.74, 6) is 6.36. The van der Waals surface area contributed by atoms with E-state index in [0.29, 0.717) is 5.52 Å². The van der Waals surface area contributed by atoms with Crippen molar-refractivity contribution in [3.8, 4) is 17.5 Å². The molecule has 6 aromatic rings. The Morgan fingerprint density at radius 2 is 1.79 bits per heavy atom. The number of nitrogens with zero attached hydrogens (tertiary/aromatic N) is 5. The number of benzene rings is 2. The first kappa shape index (κ1) is 23.9. The largest absolute Gasteiger partial charge is 0.383 e. The monoisotopic (exact) mass is 511 g/mol. The zero-order valence-electron chi connectivity index (χ0n) is 21.5. The van der Waals surface area contributed by atoms with Crippen molar-refractivity contribution in [2.24, 2.45) is 7.05 Å². The van der Waals surface area contributed by atoms with Crippen molar-refractivity contribution in [2.75, 3.05) is 5.73 Å². The topological polar surface area (TPSA) is 104 Å². The maximum absolute atomic E-state index is 13.5. The van der Waals surface area contributed by atoms with E-state index in [-0.39, 0.29) is 23.3 Å². The third-order valence-corrected chi connectivity index (χ3v) is 6.61. The van der Waals surface area contributed by atoms with Crippen LogP contribution in [-0.2, 0) is 7.05 Å². The maximum Gasteiger partial charge on any atom is 0.257 e. The van der Waals surface area contributed by atoms with Crippen molar-refractivity contribution in [1.29, 1.82) is 0 Å². The fraction of sp³-hybridized carbons (Fsp3) is 0.0968. The summed E-state index contributed by atoms with van der Waals surface area (Å²) in [7, 11) is 1.87. The lowest BCUT2D eigenvalue weighted by Crippen LogP contribution is -2.29. The van der Waals surface area contributed by atoms with Crippen LogP contribution in [0.25, 0.3) is 27.5 Å². The molecule has 0 fully saturated rings. The van der Waals surface area contributed by atoms with Crippen LogP contribution in [-0.4, -0.2) is 30.2 Å². The molecular weight excluding hydrogens is 486 g/mol. The molecule has 6 rings (SSSR count). The van der Waals surface area contributed by atoms with Crippen LogP contribution in [0.1, 0.15) is 40.1 Å². The fourth-order valence-electron chi connectivity index (χ4n) is 4.80. The molecule has 39 heavy (non-hydrogen) atoms. The van der Waals surface area contributed by atoms with Crippen molar-refractivity contribution < 1.29 is 4.79 Å². The Kier molecular flexibility index (Phi) is 6.02. The lowest BCUT2D eigenvalue weighted by molar-refractivity contribution is 0.0941. The lowest BCUT2D eigenvalue weighted by atomic mass is 10.1. The van der Waals surface area contributed by atoms with Gasteiger partial charge < -0.3 is 15.6 Å². The molecule has 1 unspecified atom stereocenters. The molecule has 0 radical (unpaired) electrons. The average Bonchev–Trinajstić information content (AvgIpc) is 3.56. The van der Waals surface area contributed by atoms with E-state index in [1.807, 2.05) is 68.7 Å². The highest BCUT2D eigenvalue weighted by Crippen LogP contribution is 2.31. The summed E-state index contributed by atoms with van der Waals surface area (Å²) in [6.45, 7) is 1.95. The summed E-state index contributed by atoms with van der Waals surface area (Å²) in [4.78, 5) is 22.2. The number of carbonyl (C=O) groups is 1. The Morgan fingerprint density at radius 3 is 2.59 bits per heavy atom. The third kappa shape index (κ3) is 4.47. The van der Waals surface area contributed by atoms with Crippen LogP contribution in [0.3, 0.4) is 0 Å². The van der Waals surface area contributed by atoms with E-state index in [2.05, 4.69) is 48.9 Å². The standard InChI is InChI=1S/C31H25N7O/c1-20(36-31(39)27-28-24(10-7-15-33-28)18-34-30(27)32)26-16-23-9-6-8-22(14-13-21-17-35-37(2)19-21)29(23)38(26)25-11-4-3-5-12-25/h3-12,15-20H,1-2H3,(H2,32,34)(H,36,39). The number of aryl methyl sites for hydroxylation is 1. The summed E-state index contributed by atoms with van der Waals surface area (Å²) < 4.78 is 3.88. The second kappa shape index (κ2) is 9.80. The van der Waals surface area contributed by atoms with Crippen molar-refractivity contribution in [1.82, 2.24) is 29.6 Å². The molecule has 1 atom stereocenters. The highest BCUT2D eigenvalue weighted by atomic mass is 16.1. The van der Waals surface area contributed by atoms with Gasteiger partial charge in [0.1, 0.15) is 11.4 Å². The molecule has 0 saturated carbocycles. The summed E-state index contributed by atoms with van der Waals surface area (Å²) >= 11 is 0. The van der Waals surface area contributed by atoms with Crippen LogP contribution < -0.4 is 11.1 Å². The molecule has 8 heteroatoms. The number of nitrogen functional groups attached to an aromatic ring is 1. The molecule has 0 bridgehead atoms. The van der Waals surface area contributed by atoms with Crippen molar-refractivity contribution in [3.05, 3.63) is 114 Å². The molecule has 4 aromatic heterocycles. The third-order valence-electron chi connectivity index (χ3n) is 6.61. The number of carbonyl (C=O) groups excluding carboxylic acids is 1. The van der Waals surface area contributed by atoms with Gasteiger partial charge in [-0.3, -0.25) is 14.5 Å². The van der Waals surface area contributed by atoms with Gasteiger partial charge in [-0.2, -0.15) is 5.10 Å². The molecule has 0 aliphatic carbocycles. The van der Waals surface area contributed by atoms with Gasteiger partial charge in [0.05, 0.1) is 28.8 Å². The Labute approximate surface area is 225 Å². The molecule has 0 aliphatic heterocycles. The number of aromatic nitrogens is 5. The van der Waals surface area contributed by atoms with Gasteiger partial charge in [-0.25, -0.2) is 4.98 Å². The summed E-state index contributed by atoms with van der Waals surface area (Å²) in [6.07, 6.45) is 6.90. The SMILES string of the molecule is CC(NC(=O)c1c(N)ncc2cccnc12)c1cc2cccc(C#Cc3cnn(C)c3)c2n1-c1ccccc1. The van der Waals surface area contributed by atoms with E-state index >= 15 is 0 Å². The van der Waals surface area contributed by atoms with Gasteiger partial charge in [-0.1, -0.05) is 42.2 Å². The van der Waals surface area contributed by atoms with Crippen LogP contribution in [0.2, 0.25) is 0 Å². The number of hydrogen-bond donors (Lipinski definition) is 2. The number of amides is 1. The Balaban J connectivity index is 1.46. The normalized spacial score (nSPS) is 11.7. The van der Waals surface area contributed by atoms with Crippen LogP contribution in [0.5, 0.6) is 0 Å². The minimum absolute atomic E-state index is 0.141. The van der Waals surface area contributed by atoms with E-state index in [0.717, 1.165) is 38.8 Å². The number of nitrogens with one attached hydrogen (secondary N) is 1. The van der Waals surface area contributed by atoms with Gasteiger partial charge in [0.25, 0.3) is 5.91 Å². The number of pyridine rings is 2. The predicted molar refractivity (Wildman–Crippen MR) is 152 cm³/mol. The Hall–Kier alpha value is -5.42. The quantitative estimate of drug-likeness (QED) is 0.332. The Morgan fingerprint density at radius 1 is 0.974 bits per heavy atom. The fourth-order valence-corrected chi connectivity index (χ4v) is 4.80. The van der Waals surface area contributed by atoms with Gasteiger partial charge in [0.15, 0.2) is 0 Å². The first-order chi connectivity index (χ1) is 19.0. The highest BCUT2D eigenvalue weighted by molar-refractivity contribution is 6.09. The molecule has 2 aromatic carbocycles. The Bertz CT molecular complexity index is 1910. The minimum Gasteiger partial charge on any atom is -0.383 e.